The Balaban J connectivity index is 1.82. The van der Waals surface area contributed by atoms with Crippen LogP contribution in [0, 0.1) is 11.7 Å². The third kappa shape index (κ3) is 3.64. The van der Waals surface area contributed by atoms with Crippen LogP contribution >= 0.6 is 0 Å². The van der Waals surface area contributed by atoms with E-state index in [4.69, 9.17) is 5.11 Å². The number of carboxylic acid groups (broad SMARTS) is 1. The summed E-state index contributed by atoms with van der Waals surface area (Å²) >= 11 is 0. The molecule has 0 unspecified atom stereocenters. The summed E-state index contributed by atoms with van der Waals surface area (Å²) in [5, 5.41) is 8.60. The number of rotatable bonds is 4. The fraction of sp³-hybridized carbons (Fsp3) is 0.286. The summed E-state index contributed by atoms with van der Waals surface area (Å²) < 4.78 is 12.7. The van der Waals surface area contributed by atoms with E-state index < -0.39 is 5.97 Å². The molecule has 1 heterocycles. The molecule has 1 aromatic carbocycles. The van der Waals surface area contributed by atoms with Crippen molar-refractivity contribution in [1.29, 1.82) is 0 Å². The van der Waals surface area contributed by atoms with E-state index in [-0.39, 0.29) is 24.1 Å². The summed E-state index contributed by atoms with van der Waals surface area (Å²) in [6, 6.07) is 5.83. The van der Waals surface area contributed by atoms with Crippen LogP contribution in [0.1, 0.15) is 12.0 Å². The first-order valence-electron chi connectivity index (χ1n) is 5.99. The molecule has 1 fully saturated rings. The van der Waals surface area contributed by atoms with Gasteiger partial charge in [0.05, 0.1) is 6.42 Å². The normalized spacial score (nSPS) is 15.5. The van der Waals surface area contributed by atoms with Gasteiger partial charge in [-0.15, -0.1) is 0 Å². The Kier molecular flexibility index (Phi) is 3.94. The number of halogens is 1. The molecule has 1 saturated heterocycles. The molecule has 1 aliphatic heterocycles. The number of aliphatic carboxylic acids is 1. The Labute approximate surface area is 110 Å². The lowest BCUT2D eigenvalue weighted by molar-refractivity contribution is -0.143. The van der Waals surface area contributed by atoms with Crippen LogP contribution in [-0.4, -0.2) is 35.0 Å². The van der Waals surface area contributed by atoms with Gasteiger partial charge < -0.3 is 10.0 Å². The molecule has 0 spiro atoms. The second-order valence-corrected chi connectivity index (χ2v) is 4.59. The third-order valence-electron chi connectivity index (χ3n) is 3.02. The molecule has 100 valence electrons. The molecule has 0 aromatic heterocycles. The van der Waals surface area contributed by atoms with Crippen molar-refractivity contribution in [3.8, 4) is 0 Å². The van der Waals surface area contributed by atoms with Crippen LogP contribution in [0.2, 0.25) is 0 Å². The van der Waals surface area contributed by atoms with Gasteiger partial charge in [-0.25, -0.2) is 4.39 Å². The fourth-order valence-electron chi connectivity index (χ4n) is 1.97. The van der Waals surface area contributed by atoms with Gasteiger partial charge in [0, 0.05) is 25.1 Å². The molecule has 0 aliphatic carbocycles. The zero-order chi connectivity index (χ0) is 13.8. The smallest absolute Gasteiger partial charge is 0.303 e. The highest BCUT2D eigenvalue weighted by atomic mass is 19.1. The summed E-state index contributed by atoms with van der Waals surface area (Å²) in [6.07, 6.45) is 3.14. The van der Waals surface area contributed by atoms with Gasteiger partial charge in [0.25, 0.3) is 0 Å². The van der Waals surface area contributed by atoms with Crippen LogP contribution < -0.4 is 0 Å². The average molecular weight is 263 g/mol. The van der Waals surface area contributed by atoms with E-state index >= 15 is 0 Å². The molecular formula is C14H14FNO3. The highest BCUT2D eigenvalue weighted by Gasteiger charge is 2.30. The Morgan fingerprint density at radius 1 is 1.32 bits per heavy atom. The summed E-state index contributed by atoms with van der Waals surface area (Å²) in [7, 11) is 0. The van der Waals surface area contributed by atoms with E-state index in [1.807, 2.05) is 0 Å². The molecule has 1 N–H and O–H groups in total. The van der Waals surface area contributed by atoms with Crippen molar-refractivity contribution in [3.63, 3.8) is 0 Å². The quantitative estimate of drug-likeness (QED) is 0.842. The van der Waals surface area contributed by atoms with Crippen molar-refractivity contribution >= 4 is 18.0 Å². The van der Waals surface area contributed by atoms with Gasteiger partial charge in [0.2, 0.25) is 5.91 Å². The molecule has 1 aliphatic rings. The molecule has 0 radical (unpaired) electrons. The van der Waals surface area contributed by atoms with Crippen molar-refractivity contribution in [1.82, 2.24) is 4.90 Å². The lowest BCUT2D eigenvalue weighted by Crippen LogP contribution is -2.49. The topological polar surface area (TPSA) is 57.6 Å². The molecule has 1 aromatic rings. The number of likely N-dealkylation sites (tertiary alicyclic amines) is 1. The Morgan fingerprint density at radius 2 is 1.95 bits per heavy atom. The molecule has 19 heavy (non-hydrogen) atoms. The molecular weight excluding hydrogens is 249 g/mol. The summed E-state index contributed by atoms with van der Waals surface area (Å²) in [5.41, 5.74) is 0.748. The van der Waals surface area contributed by atoms with Gasteiger partial charge >= 0.3 is 5.97 Å². The monoisotopic (exact) mass is 263 g/mol. The van der Waals surface area contributed by atoms with Crippen molar-refractivity contribution in [2.75, 3.05) is 13.1 Å². The zero-order valence-corrected chi connectivity index (χ0v) is 10.3. The van der Waals surface area contributed by atoms with Gasteiger partial charge in [-0.2, -0.15) is 0 Å². The van der Waals surface area contributed by atoms with Gasteiger partial charge in [-0.3, -0.25) is 9.59 Å². The summed E-state index contributed by atoms with van der Waals surface area (Å²) in [4.78, 5) is 23.8. The number of carbonyl (C=O) groups is 2. The first-order chi connectivity index (χ1) is 9.04. The van der Waals surface area contributed by atoms with E-state index in [2.05, 4.69) is 0 Å². The van der Waals surface area contributed by atoms with Crippen LogP contribution in [0.15, 0.2) is 30.3 Å². The number of hydrogen-bond donors (Lipinski definition) is 1. The van der Waals surface area contributed by atoms with Crippen molar-refractivity contribution in [2.24, 2.45) is 5.92 Å². The molecule has 4 nitrogen and oxygen atoms in total. The minimum atomic E-state index is -0.834. The van der Waals surface area contributed by atoms with E-state index in [0.717, 1.165) is 5.56 Å². The van der Waals surface area contributed by atoms with Crippen LogP contribution in [0.3, 0.4) is 0 Å². The first kappa shape index (κ1) is 13.3. The minimum absolute atomic E-state index is 0.0562. The maximum Gasteiger partial charge on any atom is 0.303 e. The Morgan fingerprint density at radius 3 is 2.53 bits per heavy atom. The van der Waals surface area contributed by atoms with E-state index in [1.54, 1.807) is 23.1 Å². The van der Waals surface area contributed by atoms with Crippen molar-refractivity contribution in [2.45, 2.75) is 6.42 Å². The van der Waals surface area contributed by atoms with Gasteiger partial charge in [0.1, 0.15) is 5.82 Å². The highest BCUT2D eigenvalue weighted by molar-refractivity contribution is 5.92. The van der Waals surface area contributed by atoms with Crippen molar-refractivity contribution in [3.05, 3.63) is 41.7 Å². The van der Waals surface area contributed by atoms with Crippen LogP contribution in [-0.2, 0) is 9.59 Å². The standard InChI is InChI=1S/C14H14FNO3/c15-12-4-1-10(2-5-12)3-6-13(17)16-8-11(9-16)7-14(18)19/h1-6,11H,7-9H2,(H,18,19). The van der Waals surface area contributed by atoms with Crippen molar-refractivity contribution < 1.29 is 19.1 Å². The second-order valence-electron chi connectivity index (χ2n) is 4.59. The third-order valence-corrected chi connectivity index (χ3v) is 3.02. The predicted molar refractivity (Wildman–Crippen MR) is 67.8 cm³/mol. The molecule has 0 saturated carbocycles. The average Bonchev–Trinajstić information content (AvgIpc) is 2.32. The number of amides is 1. The maximum absolute atomic E-state index is 12.7. The number of hydrogen-bond acceptors (Lipinski definition) is 2. The molecule has 1 amide bonds. The number of carboxylic acids is 1. The van der Waals surface area contributed by atoms with Gasteiger partial charge in [-0.1, -0.05) is 12.1 Å². The van der Waals surface area contributed by atoms with E-state index in [9.17, 15) is 14.0 Å². The molecule has 2 rings (SSSR count). The Bertz CT molecular complexity index is 504. The van der Waals surface area contributed by atoms with E-state index in [0.29, 0.717) is 13.1 Å². The highest BCUT2D eigenvalue weighted by Crippen LogP contribution is 2.19. The summed E-state index contributed by atoms with van der Waals surface area (Å²) in [6.45, 7) is 0.970. The number of nitrogens with zero attached hydrogens (tertiary/aromatic N) is 1. The largest absolute Gasteiger partial charge is 0.481 e. The Hall–Kier alpha value is -2.17. The number of carbonyl (C=O) groups excluding carboxylic acids is 1. The first-order valence-corrected chi connectivity index (χ1v) is 5.99. The predicted octanol–water partition coefficient (Wildman–Crippen LogP) is 1.77. The van der Waals surface area contributed by atoms with Gasteiger partial charge in [0.15, 0.2) is 0 Å². The minimum Gasteiger partial charge on any atom is -0.481 e. The molecule has 5 heteroatoms. The van der Waals surface area contributed by atoms with E-state index in [1.165, 1.54) is 18.2 Å². The summed E-state index contributed by atoms with van der Waals surface area (Å²) in [5.74, 6) is -1.24. The molecule has 0 atom stereocenters. The van der Waals surface area contributed by atoms with Crippen LogP contribution in [0.4, 0.5) is 4.39 Å². The van der Waals surface area contributed by atoms with Gasteiger partial charge in [-0.05, 0) is 23.8 Å². The van der Waals surface area contributed by atoms with Crippen LogP contribution in [0.5, 0.6) is 0 Å². The van der Waals surface area contributed by atoms with Crippen LogP contribution in [0.25, 0.3) is 6.08 Å². The zero-order valence-electron chi connectivity index (χ0n) is 10.3. The lowest BCUT2D eigenvalue weighted by atomic mass is 9.96. The maximum atomic E-state index is 12.7. The molecule has 0 bridgehead atoms. The second kappa shape index (κ2) is 5.65. The SMILES string of the molecule is O=C(O)CC1CN(C(=O)C=Cc2ccc(F)cc2)C1. The lowest BCUT2D eigenvalue weighted by Gasteiger charge is -2.37. The fourth-order valence-corrected chi connectivity index (χ4v) is 1.97. The number of benzene rings is 1.